The number of nitrogens with one attached hydrogen (secondary N) is 2. The van der Waals surface area contributed by atoms with Gasteiger partial charge in [-0.3, -0.25) is 9.69 Å². The highest BCUT2D eigenvalue weighted by molar-refractivity contribution is 5.81. The molecule has 3 rings (SSSR count). The van der Waals surface area contributed by atoms with E-state index in [1.165, 1.54) is 4.90 Å². The van der Waals surface area contributed by atoms with Gasteiger partial charge in [0.2, 0.25) is 5.91 Å². The van der Waals surface area contributed by atoms with Gasteiger partial charge in [-0.2, -0.15) is 0 Å². The Hall–Kier alpha value is -2.98. The van der Waals surface area contributed by atoms with Gasteiger partial charge in [-0.25, -0.2) is 4.79 Å². The molecule has 0 aromatic heterocycles. The summed E-state index contributed by atoms with van der Waals surface area (Å²) >= 11 is 0. The van der Waals surface area contributed by atoms with E-state index in [-0.39, 0.29) is 24.4 Å². The van der Waals surface area contributed by atoms with Gasteiger partial charge in [0.1, 0.15) is 0 Å². The Morgan fingerprint density at radius 3 is 1.93 bits per heavy atom. The van der Waals surface area contributed by atoms with Gasteiger partial charge in [0.25, 0.3) is 0 Å². The van der Waals surface area contributed by atoms with Gasteiger partial charge in [-0.05, 0) is 63.0 Å². The smallest absolute Gasteiger partial charge is 0.408 e. The van der Waals surface area contributed by atoms with Crippen molar-refractivity contribution in [1.29, 1.82) is 0 Å². The van der Waals surface area contributed by atoms with Crippen molar-refractivity contribution in [2.45, 2.75) is 96.2 Å². The molecule has 1 saturated carbocycles. The van der Waals surface area contributed by atoms with Crippen LogP contribution < -0.4 is 10.6 Å². The van der Waals surface area contributed by atoms with Gasteiger partial charge in [0, 0.05) is 18.6 Å². The number of carbonyl (C=O) groups is 2. The van der Waals surface area contributed by atoms with E-state index >= 15 is 0 Å². The van der Waals surface area contributed by atoms with E-state index in [1.807, 2.05) is 74.5 Å². The summed E-state index contributed by atoms with van der Waals surface area (Å²) in [7, 11) is 0. The maximum atomic E-state index is 13.4. The molecule has 6 atom stereocenters. The van der Waals surface area contributed by atoms with Crippen LogP contribution in [0.25, 0.3) is 0 Å². The highest BCUT2D eigenvalue weighted by atomic mass is 16.4. The third-order valence-corrected chi connectivity index (χ3v) is 8.38. The number of rotatable bonds is 13. The molecular formula is C33H49N3O6. The van der Waals surface area contributed by atoms with Crippen LogP contribution in [0.3, 0.4) is 0 Å². The van der Waals surface area contributed by atoms with Crippen LogP contribution in [0, 0.1) is 11.3 Å². The zero-order valence-corrected chi connectivity index (χ0v) is 25.5. The molecule has 0 aliphatic heterocycles. The Bertz CT molecular complexity index is 1140. The summed E-state index contributed by atoms with van der Waals surface area (Å²) in [6.07, 6.45) is -1.92. The largest absolute Gasteiger partial charge is 0.465 e. The van der Waals surface area contributed by atoms with Crippen LogP contribution in [0.1, 0.15) is 58.6 Å². The highest BCUT2D eigenvalue weighted by Gasteiger charge is 2.46. The van der Waals surface area contributed by atoms with Crippen molar-refractivity contribution < 1.29 is 30.0 Å². The number of hydrogen-bond donors (Lipinski definition) is 6. The number of aliphatic hydroxyl groups is 3. The maximum absolute atomic E-state index is 13.4. The standard InChI is InChI=1S/C33H49N3O6/c1-32(2,3)36(31(41)42)25(19-23-14-10-7-11-15-23)28(39)21-34-20-27(38)24(18-22-12-8-6-9-13-22)35-30(40)29-26(37)16-17-33(29,4)5/h6-15,24-29,34,37-39H,16-21H2,1-5H3,(H,35,40)(H,41,42)/t24-,25-,26+,27+,28+,29?/m0/s1. The van der Waals surface area contributed by atoms with Gasteiger partial charge >= 0.3 is 6.09 Å². The Labute approximate surface area is 250 Å². The third kappa shape index (κ3) is 9.01. The maximum Gasteiger partial charge on any atom is 0.408 e. The van der Waals surface area contributed by atoms with Crippen LogP contribution in [-0.4, -0.2) is 86.4 Å². The number of benzene rings is 2. The van der Waals surface area contributed by atoms with Crippen LogP contribution in [0.4, 0.5) is 4.79 Å². The van der Waals surface area contributed by atoms with Crippen molar-refractivity contribution in [3.05, 3.63) is 71.8 Å². The summed E-state index contributed by atoms with van der Waals surface area (Å²) in [6.45, 7) is 9.43. The molecule has 0 heterocycles. The highest BCUT2D eigenvalue weighted by Crippen LogP contribution is 2.43. The summed E-state index contributed by atoms with van der Waals surface area (Å²) in [5.41, 5.74) is 0.735. The predicted octanol–water partition coefficient (Wildman–Crippen LogP) is 3.21. The minimum absolute atomic E-state index is 0.0365. The van der Waals surface area contributed by atoms with Crippen molar-refractivity contribution in [1.82, 2.24) is 15.5 Å². The fraction of sp³-hybridized carbons (Fsp3) is 0.576. The van der Waals surface area contributed by atoms with Gasteiger partial charge in [0.05, 0.1) is 36.3 Å². The lowest BCUT2D eigenvalue weighted by Crippen LogP contribution is -2.58. The Kier molecular flexibility index (Phi) is 11.5. The molecule has 1 aliphatic carbocycles. The van der Waals surface area contributed by atoms with E-state index in [9.17, 15) is 30.0 Å². The van der Waals surface area contributed by atoms with Crippen molar-refractivity contribution >= 4 is 12.0 Å². The first-order chi connectivity index (χ1) is 19.7. The van der Waals surface area contributed by atoms with Gasteiger partial charge in [-0.1, -0.05) is 74.5 Å². The van der Waals surface area contributed by atoms with Crippen molar-refractivity contribution in [2.75, 3.05) is 13.1 Å². The minimum atomic E-state index is -1.12. The van der Waals surface area contributed by atoms with Gasteiger partial charge in [-0.15, -0.1) is 0 Å². The molecule has 9 nitrogen and oxygen atoms in total. The topological polar surface area (TPSA) is 142 Å². The number of carboxylic acid groups (broad SMARTS) is 1. The molecule has 0 spiro atoms. The second kappa shape index (κ2) is 14.5. The fourth-order valence-electron chi connectivity index (χ4n) is 6.15. The first kappa shape index (κ1) is 33.5. The zero-order valence-electron chi connectivity index (χ0n) is 25.5. The monoisotopic (exact) mass is 583 g/mol. The molecular weight excluding hydrogens is 534 g/mol. The summed E-state index contributed by atoms with van der Waals surface area (Å²) in [5.74, 6) is -0.855. The lowest BCUT2D eigenvalue weighted by molar-refractivity contribution is -0.132. The average molecular weight is 584 g/mol. The molecule has 232 valence electrons. The summed E-state index contributed by atoms with van der Waals surface area (Å²) in [6, 6.07) is 17.6. The Morgan fingerprint density at radius 1 is 0.929 bits per heavy atom. The molecule has 2 amide bonds. The first-order valence-corrected chi connectivity index (χ1v) is 14.9. The van der Waals surface area contributed by atoms with Gasteiger partial charge < -0.3 is 31.1 Å². The quantitative estimate of drug-likeness (QED) is 0.213. The number of hydrogen-bond acceptors (Lipinski definition) is 6. The Balaban J connectivity index is 1.72. The SMILES string of the molecule is CC1(C)CC[C@@H](O)C1C(=O)N[C@@H](Cc1ccccc1)[C@H](O)CNC[C@@H](O)[C@H](Cc1ccccc1)N(C(=O)O)C(C)(C)C. The average Bonchev–Trinajstić information content (AvgIpc) is 3.19. The number of nitrogens with zero attached hydrogens (tertiary/aromatic N) is 1. The van der Waals surface area contributed by atoms with E-state index in [2.05, 4.69) is 10.6 Å². The van der Waals surface area contributed by atoms with Crippen LogP contribution in [0.2, 0.25) is 0 Å². The second-order valence-corrected chi connectivity index (χ2v) is 13.3. The van der Waals surface area contributed by atoms with Crippen LogP contribution >= 0.6 is 0 Å². The molecule has 9 heteroatoms. The van der Waals surface area contributed by atoms with Crippen molar-refractivity contribution in [2.24, 2.45) is 11.3 Å². The van der Waals surface area contributed by atoms with Crippen molar-refractivity contribution in [3.63, 3.8) is 0 Å². The molecule has 0 radical (unpaired) electrons. The van der Waals surface area contributed by atoms with E-state index in [0.29, 0.717) is 19.3 Å². The molecule has 2 aromatic rings. The van der Waals surface area contributed by atoms with E-state index < -0.39 is 47.9 Å². The summed E-state index contributed by atoms with van der Waals surface area (Å²) in [5, 5.41) is 49.2. The lowest BCUT2D eigenvalue weighted by Gasteiger charge is -2.42. The van der Waals surface area contributed by atoms with E-state index in [4.69, 9.17) is 0 Å². The zero-order chi connectivity index (χ0) is 31.1. The molecule has 2 aromatic carbocycles. The molecule has 1 unspecified atom stereocenters. The predicted molar refractivity (Wildman–Crippen MR) is 163 cm³/mol. The molecule has 42 heavy (non-hydrogen) atoms. The molecule has 6 N–H and O–H groups in total. The molecule has 1 aliphatic rings. The van der Waals surface area contributed by atoms with Crippen LogP contribution in [-0.2, 0) is 17.6 Å². The second-order valence-electron chi connectivity index (χ2n) is 13.3. The van der Waals surface area contributed by atoms with Gasteiger partial charge in [0.15, 0.2) is 0 Å². The van der Waals surface area contributed by atoms with Crippen LogP contribution in [0.15, 0.2) is 60.7 Å². The minimum Gasteiger partial charge on any atom is -0.465 e. The van der Waals surface area contributed by atoms with Crippen molar-refractivity contribution in [3.8, 4) is 0 Å². The van der Waals surface area contributed by atoms with E-state index in [1.54, 1.807) is 20.8 Å². The summed E-state index contributed by atoms with van der Waals surface area (Å²) in [4.78, 5) is 26.9. The number of amides is 2. The molecule has 0 bridgehead atoms. The molecule has 0 saturated heterocycles. The van der Waals surface area contributed by atoms with Crippen LogP contribution in [0.5, 0.6) is 0 Å². The number of carbonyl (C=O) groups excluding carboxylic acids is 1. The fourth-order valence-corrected chi connectivity index (χ4v) is 6.15. The third-order valence-electron chi connectivity index (χ3n) is 8.38. The first-order valence-electron chi connectivity index (χ1n) is 14.9. The lowest BCUT2D eigenvalue weighted by atomic mass is 9.80. The summed E-state index contributed by atoms with van der Waals surface area (Å²) < 4.78 is 0. The molecule has 1 fully saturated rings. The van der Waals surface area contributed by atoms with E-state index in [0.717, 1.165) is 17.5 Å². The normalized spacial score (nSPS) is 21.2. The Morgan fingerprint density at radius 2 is 1.45 bits per heavy atom. The number of aliphatic hydroxyl groups excluding tert-OH is 3.